The molecule has 41 heavy (non-hydrogen) atoms. The highest BCUT2D eigenvalue weighted by molar-refractivity contribution is 5.91. The van der Waals surface area contributed by atoms with Gasteiger partial charge in [0, 0.05) is 43.5 Å². The van der Waals surface area contributed by atoms with Gasteiger partial charge in [-0.15, -0.1) is 5.10 Å². The summed E-state index contributed by atoms with van der Waals surface area (Å²) < 4.78 is 26.8. The Morgan fingerprint density at radius 2 is 1.95 bits per heavy atom. The van der Waals surface area contributed by atoms with Crippen LogP contribution in [0.15, 0.2) is 30.7 Å². The van der Waals surface area contributed by atoms with Crippen LogP contribution >= 0.6 is 0 Å². The Labute approximate surface area is 239 Å². The number of ether oxygens (including phenoxy) is 2. The van der Waals surface area contributed by atoms with E-state index in [1.165, 1.54) is 4.90 Å². The number of hydrogen-bond acceptors (Lipinski definition) is 8. The third-order valence-electron chi connectivity index (χ3n) is 8.90. The minimum absolute atomic E-state index is 0.117. The van der Waals surface area contributed by atoms with Crippen molar-refractivity contribution in [3.63, 3.8) is 0 Å². The van der Waals surface area contributed by atoms with Crippen LogP contribution in [0.1, 0.15) is 52.4 Å². The molecule has 11 nitrogen and oxygen atoms in total. The molecule has 4 saturated heterocycles. The van der Waals surface area contributed by atoms with Crippen molar-refractivity contribution in [1.29, 1.82) is 0 Å². The minimum atomic E-state index is -0.990. The van der Waals surface area contributed by atoms with Gasteiger partial charge in [0.05, 0.1) is 13.1 Å². The summed E-state index contributed by atoms with van der Waals surface area (Å²) in [4.78, 5) is 34.9. The lowest BCUT2D eigenvalue weighted by atomic mass is 9.90. The number of halogens is 1. The van der Waals surface area contributed by atoms with Gasteiger partial charge in [0.15, 0.2) is 11.5 Å². The van der Waals surface area contributed by atoms with Crippen LogP contribution in [-0.2, 0) is 9.53 Å². The van der Waals surface area contributed by atoms with Crippen molar-refractivity contribution < 1.29 is 23.5 Å². The number of fused-ring (bicyclic) bond motifs is 3. The Balaban J connectivity index is 1.09. The topological polar surface area (TPSA) is 105 Å². The van der Waals surface area contributed by atoms with Crippen molar-refractivity contribution in [2.24, 2.45) is 5.92 Å². The van der Waals surface area contributed by atoms with Crippen LogP contribution in [0.2, 0.25) is 0 Å². The molecule has 2 amide bonds. The summed E-state index contributed by atoms with van der Waals surface area (Å²) in [6.45, 7) is 10.5. The van der Waals surface area contributed by atoms with E-state index in [0.29, 0.717) is 11.8 Å². The molecular formula is C29H40FN7O4. The maximum atomic E-state index is 13.1. The van der Waals surface area contributed by atoms with Crippen molar-refractivity contribution in [3.05, 3.63) is 30.7 Å². The third-order valence-corrected chi connectivity index (χ3v) is 8.90. The number of likely N-dealkylation sites (tertiary alicyclic amines) is 1. The third kappa shape index (κ3) is 5.71. The second-order valence-corrected chi connectivity index (χ2v) is 12.1. The van der Waals surface area contributed by atoms with Gasteiger partial charge in [0.2, 0.25) is 5.88 Å². The standard InChI is InChI=1S/C29H40FN7O4/c1-18(2)35(27-8-10-32-25-13-26(33-37(25)27)40-23-5-4-9-31-14-23)15-20-11-21-6-7-22(12-20)36(21)29(39)41-24-16-34(17-24)28(38)19(3)30/h8,10,13,18,20-24,31H,3-7,9,11-12,14-17H2,1-2H3/t20?,21?,22?,23-/m1/s1. The molecule has 4 fully saturated rings. The van der Waals surface area contributed by atoms with Gasteiger partial charge in [-0.1, -0.05) is 6.58 Å². The molecule has 222 valence electrons. The van der Waals surface area contributed by atoms with E-state index in [9.17, 15) is 14.0 Å². The van der Waals surface area contributed by atoms with Crippen molar-refractivity contribution in [1.82, 2.24) is 29.7 Å². The molecule has 3 atom stereocenters. The zero-order valence-corrected chi connectivity index (χ0v) is 23.9. The van der Waals surface area contributed by atoms with E-state index in [2.05, 4.69) is 35.6 Å². The number of aromatic nitrogens is 3. The molecule has 2 aromatic rings. The first-order valence-electron chi connectivity index (χ1n) is 14.9. The second kappa shape index (κ2) is 11.5. The Kier molecular flexibility index (Phi) is 7.76. The summed E-state index contributed by atoms with van der Waals surface area (Å²) in [5, 5.41) is 8.17. The van der Waals surface area contributed by atoms with Gasteiger partial charge in [-0.05, 0) is 70.9 Å². The number of carbonyl (C=O) groups is 2. The van der Waals surface area contributed by atoms with Gasteiger partial charge in [-0.2, -0.15) is 4.52 Å². The van der Waals surface area contributed by atoms with Gasteiger partial charge in [0.25, 0.3) is 5.91 Å². The molecule has 2 unspecified atom stereocenters. The normalized spacial score (nSPS) is 26.2. The largest absolute Gasteiger partial charge is 0.472 e. The summed E-state index contributed by atoms with van der Waals surface area (Å²) in [6, 6.07) is 4.43. The Bertz CT molecular complexity index is 1280. The summed E-state index contributed by atoms with van der Waals surface area (Å²) >= 11 is 0. The lowest BCUT2D eigenvalue weighted by Gasteiger charge is -2.43. The fourth-order valence-corrected chi connectivity index (χ4v) is 6.87. The predicted octanol–water partition coefficient (Wildman–Crippen LogP) is 3.15. The Morgan fingerprint density at radius 1 is 1.20 bits per heavy atom. The molecule has 2 bridgehead atoms. The van der Waals surface area contributed by atoms with Gasteiger partial charge in [-0.25, -0.2) is 14.2 Å². The highest BCUT2D eigenvalue weighted by Gasteiger charge is 2.46. The quantitative estimate of drug-likeness (QED) is 0.484. The SMILES string of the molecule is C=C(F)C(=O)N1CC(OC(=O)N2C3CCC2CC(CN(c2ccnc4cc(O[C@@H]5CCCNC5)nn24)C(C)C)C3)C1. The highest BCUT2D eigenvalue weighted by Crippen LogP contribution is 2.40. The van der Waals surface area contributed by atoms with Gasteiger partial charge in [-0.3, -0.25) is 4.79 Å². The van der Waals surface area contributed by atoms with Crippen LogP contribution in [0.5, 0.6) is 5.88 Å². The molecule has 0 aromatic carbocycles. The smallest absolute Gasteiger partial charge is 0.410 e. The Morgan fingerprint density at radius 3 is 2.61 bits per heavy atom. The molecule has 0 spiro atoms. The van der Waals surface area contributed by atoms with Crippen LogP contribution in [0, 0.1) is 5.92 Å². The number of rotatable bonds is 8. The predicted molar refractivity (Wildman–Crippen MR) is 150 cm³/mol. The van der Waals surface area contributed by atoms with E-state index in [-0.39, 0.29) is 43.4 Å². The van der Waals surface area contributed by atoms with E-state index < -0.39 is 17.8 Å². The molecule has 0 radical (unpaired) electrons. The molecule has 1 N–H and O–H groups in total. The van der Waals surface area contributed by atoms with E-state index >= 15 is 0 Å². The van der Waals surface area contributed by atoms with Crippen LogP contribution in [-0.4, -0.2) is 99.5 Å². The van der Waals surface area contributed by atoms with Crippen molar-refractivity contribution in [3.8, 4) is 5.88 Å². The molecule has 4 aliphatic rings. The summed E-state index contributed by atoms with van der Waals surface area (Å²) in [6.07, 6.45) is 7.08. The monoisotopic (exact) mass is 569 g/mol. The lowest BCUT2D eigenvalue weighted by Crippen LogP contribution is -2.57. The first-order chi connectivity index (χ1) is 19.8. The number of hydrogen-bond donors (Lipinski definition) is 1. The number of carbonyl (C=O) groups excluding carboxylic acids is 2. The first kappa shape index (κ1) is 27.7. The fraction of sp³-hybridized carbons (Fsp3) is 0.655. The fourth-order valence-electron chi connectivity index (χ4n) is 6.87. The number of piperidine rings is 2. The average Bonchev–Trinajstić information content (AvgIpc) is 3.46. The van der Waals surface area contributed by atoms with E-state index in [1.807, 2.05) is 27.7 Å². The van der Waals surface area contributed by atoms with Crippen molar-refractivity contribution in [2.45, 2.75) is 82.7 Å². The first-order valence-corrected chi connectivity index (χ1v) is 14.9. The minimum Gasteiger partial charge on any atom is -0.472 e. The summed E-state index contributed by atoms with van der Waals surface area (Å²) in [5.74, 6) is 0.265. The van der Waals surface area contributed by atoms with E-state index in [0.717, 1.165) is 69.6 Å². The number of amides is 2. The molecule has 4 aliphatic heterocycles. The molecule has 2 aromatic heterocycles. The number of nitrogens with zero attached hydrogens (tertiary/aromatic N) is 6. The van der Waals surface area contributed by atoms with Crippen LogP contribution in [0.3, 0.4) is 0 Å². The van der Waals surface area contributed by atoms with Crippen LogP contribution in [0.25, 0.3) is 5.65 Å². The van der Waals surface area contributed by atoms with Crippen molar-refractivity contribution in [2.75, 3.05) is 37.6 Å². The van der Waals surface area contributed by atoms with Crippen LogP contribution in [0.4, 0.5) is 15.0 Å². The summed E-state index contributed by atoms with van der Waals surface area (Å²) in [5.41, 5.74) is 0.761. The lowest BCUT2D eigenvalue weighted by molar-refractivity contribution is -0.139. The van der Waals surface area contributed by atoms with Gasteiger partial charge < -0.3 is 29.5 Å². The Hall–Kier alpha value is -3.41. The second-order valence-electron chi connectivity index (χ2n) is 12.1. The molecule has 0 saturated carbocycles. The van der Waals surface area contributed by atoms with Gasteiger partial charge in [0.1, 0.15) is 18.0 Å². The number of nitrogens with one attached hydrogen (secondary N) is 1. The molecule has 12 heteroatoms. The van der Waals surface area contributed by atoms with E-state index in [4.69, 9.17) is 14.6 Å². The van der Waals surface area contributed by atoms with Crippen molar-refractivity contribution >= 4 is 23.5 Å². The zero-order valence-electron chi connectivity index (χ0n) is 23.9. The van der Waals surface area contributed by atoms with Gasteiger partial charge >= 0.3 is 6.09 Å². The molecule has 0 aliphatic carbocycles. The summed E-state index contributed by atoms with van der Waals surface area (Å²) in [7, 11) is 0. The molecular weight excluding hydrogens is 529 g/mol. The molecule has 6 heterocycles. The number of anilines is 1. The average molecular weight is 570 g/mol. The highest BCUT2D eigenvalue weighted by atomic mass is 19.1. The van der Waals surface area contributed by atoms with E-state index in [1.54, 1.807) is 0 Å². The zero-order chi connectivity index (χ0) is 28.7. The van der Waals surface area contributed by atoms with Crippen LogP contribution < -0.4 is 15.0 Å². The maximum absolute atomic E-state index is 13.1. The maximum Gasteiger partial charge on any atom is 0.410 e. The molecule has 6 rings (SSSR count).